The predicted octanol–water partition coefficient (Wildman–Crippen LogP) is 3.08. The zero-order valence-corrected chi connectivity index (χ0v) is 15.4. The summed E-state index contributed by atoms with van der Waals surface area (Å²) in [5.74, 6) is 0.511. The highest BCUT2D eigenvalue weighted by Gasteiger charge is 2.38. The molecule has 2 N–H and O–H groups in total. The average Bonchev–Trinajstić information content (AvgIpc) is 3.17. The van der Waals surface area contributed by atoms with Crippen molar-refractivity contribution >= 4 is 18.3 Å². The molecule has 6 nitrogen and oxygen atoms in total. The zero-order valence-electron chi connectivity index (χ0n) is 15.4. The predicted molar refractivity (Wildman–Crippen MR) is 98.0 cm³/mol. The Labute approximate surface area is 143 Å². The van der Waals surface area contributed by atoms with Crippen molar-refractivity contribution in [3.8, 4) is 0 Å². The third kappa shape index (κ3) is 3.75. The SMILES string of the molecule is C=N/C(NC1(C)CC1)=C(\C)C(C(=O)Nc1cnn(C)c1C)=C(C)C. The van der Waals surface area contributed by atoms with Gasteiger partial charge in [-0.2, -0.15) is 5.10 Å². The third-order valence-electron chi connectivity index (χ3n) is 4.52. The Kier molecular flexibility index (Phi) is 4.96. The Hall–Kier alpha value is -2.37. The largest absolute Gasteiger partial charge is 0.365 e. The summed E-state index contributed by atoms with van der Waals surface area (Å²) in [7, 11) is 1.85. The number of aryl methyl sites for hydroxylation is 1. The van der Waals surface area contributed by atoms with E-state index < -0.39 is 0 Å². The number of rotatable bonds is 6. The lowest BCUT2D eigenvalue weighted by Gasteiger charge is -2.18. The maximum absolute atomic E-state index is 12.8. The quantitative estimate of drug-likeness (QED) is 0.479. The van der Waals surface area contributed by atoms with Crippen LogP contribution >= 0.6 is 0 Å². The summed E-state index contributed by atoms with van der Waals surface area (Å²) >= 11 is 0. The van der Waals surface area contributed by atoms with E-state index in [0.717, 1.165) is 29.7 Å². The van der Waals surface area contributed by atoms with Crippen LogP contribution in [-0.2, 0) is 11.8 Å². The fourth-order valence-electron chi connectivity index (χ4n) is 2.55. The van der Waals surface area contributed by atoms with Crippen LogP contribution in [0.2, 0.25) is 0 Å². The van der Waals surface area contributed by atoms with Gasteiger partial charge in [-0.1, -0.05) is 5.57 Å². The Morgan fingerprint density at radius 2 is 2.00 bits per heavy atom. The molecule has 1 aromatic rings. The summed E-state index contributed by atoms with van der Waals surface area (Å²) < 4.78 is 1.73. The van der Waals surface area contributed by atoms with Crippen LogP contribution in [0.5, 0.6) is 0 Å². The number of allylic oxidation sites excluding steroid dienone is 1. The minimum Gasteiger partial charge on any atom is -0.365 e. The third-order valence-corrected chi connectivity index (χ3v) is 4.52. The topological polar surface area (TPSA) is 71.3 Å². The first-order valence-corrected chi connectivity index (χ1v) is 8.12. The molecule has 0 unspecified atom stereocenters. The molecule has 0 bridgehead atoms. The van der Waals surface area contributed by atoms with Crippen molar-refractivity contribution in [1.29, 1.82) is 0 Å². The molecule has 130 valence electrons. The number of hydrogen-bond acceptors (Lipinski definition) is 4. The van der Waals surface area contributed by atoms with Crippen LogP contribution in [0.1, 0.15) is 46.2 Å². The van der Waals surface area contributed by atoms with E-state index in [1.54, 1.807) is 10.9 Å². The zero-order chi connectivity index (χ0) is 18.1. The standard InChI is InChI=1S/C18H27N5O/c1-11(2)15(12(3)16(19-6)22-18(5)8-9-18)17(24)21-14-10-20-23(7)13(14)4/h10,22H,6,8-9H2,1-5,7H3,(H,21,24)/b16-12-. The normalized spacial score (nSPS) is 16.1. The second-order valence-corrected chi connectivity index (χ2v) is 6.91. The molecule has 0 aromatic carbocycles. The molecular weight excluding hydrogens is 302 g/mol. The van der Waals surface area contributed by atoms with E-state index in [-0.39, 0.29) is 11.4 Å². The highest BCUT2D eigenvalue weighted by molar-refractivity contribution is 6.07. The number of carbonyl (C=O) groups excluding carboxylic acids is 1. The van der Waals surface area contributed by atoms with Gasteiger partial charge >= 0.3 is 0 Å². The summed E-state index contributed by atoms with van der Waals surface area (Å²) in [6.45, 7) is 13.5. The molecule has 0 spiro atoms. The molecule has 0 saturated heterocycles. The lowest BCUT2D eigenvalue weighted by molar-refractivity contribution is -0.112. The van der Waals surface area contributed by atoms with E-state index in [1.807, 2.05) is 34.7 Å². The van der Waals surface area contributed by atoms with Crippen molar-refractivity contribution < 1.29 is 4.79 Å². The molecule has 2 rings (SSSR count). The van der Waals surface area contributed by atoms with E-state index in [1.165, 1.54) is 0 Å². The fourth-order valence-corrected chi connectivity index (χ4v) is 2.55. The Morgan fingerprint density at radius 1 is 1.38 bits per heavy atom. The first-order chi connectivity index (χ1) is 11.2. The van der Waals surface area contributed by atoms with Gasteiger partial charge in [-0.05, 0) is 54.2 Å². The van der Waals surface area contributed by atoms with Gasteiger partial charge in [0.05, 0.1) is 17.6 Å². The van der Waals surface area contributed by atoms with Crippen LogP contribution in [0.15, 0.2) is 33.7 Å². The molecule has 1 aliphatic rings. The Balaban J connectivity index is 2.31. The van der Waals surface area contributed by atoms with Crippen molar-refractivity contribution in [2.45, 2.75) is 53.0 Å². The second-order valence-electron chi connectivity index (χ2n) is 6.91. The molecule has 0 atom stereocenters. The monoisotopic (exact) mass is 329 g/mol. The van der Waals surface area contributed by atoms with Crippen molar-refractivity contribution in [2.75, 3.05) is 5.32 Å². The van der Waals surface area contributed by atoms with Crippen molar-refractivity contribution in [2.24, 2.45) is 12.0 Å². The van der Waals surface area contributed by atoms with Crippen LogP contribution < -0.4 is 10.6 Å². The van der Waals surface area contributed by atoms with E-state index in [0.29, 0.717) is 17.1 Å². The summed E-state index contributed by atoms with van der Waals surface area (Å²) in [4.78, 5) is 16.9. The number of nitrogens with zero attached hydrogens (tertiary/aromatic N) is 3. The number of carbonyl (C=O) groups is 1. The maximum Gasteiger partial charge on any atom is 0.256 e. The van der Waals surface area contributed by atoms with Gasteiger partial charge in [0.2, 0.25) is 0 Å². The molecule has 1 fully saturated rings. The van der Waals surface area contributed by atoms with E-state index in [4.69, 9.17) is 0 Å². The van der Waals surface area contributed by atoms with Crippen molar-refractivity contribution in [3.63, 3.8) is 0 Å². The van der Waals surface area contributed by atoms with E-state index >= 15 is 0 Å². The van der Waals surface area contributed by atoms with Gasteiger partial charge in [-0.3, -0.25) is 9.48 Å². The van der Waals surface area contributed by atoms with Gasteiger partial charge in [0, 0.05) is 23.7 Å². The fraction of sp³-hybridized carbons (Fsp3) is 0.500. The van der Waals surface area contributed by atoms with Gasteiger partial charge in [-0.25, -0.2) is 4.99 Å². The number of hydrogen-bond donors (Lipinski definition) is 2. The molecule has 1 aromatic heterocycles. The number of nitrogens with one attached hydrogen (secondary N) is 2. The lowest BCUT2D eigenvalue weighted by Crippen LogP contribution is -2.28. The van der Waals surface area contributed by atoms with Crippen LogP contribution in [0.3, 0.4) is 0 Å². The second kappa shape index (κ2) is 6.63. The molecule has 1 amide bonds. The lowest BCUT2D eigenvalue weighted by atomic mass is 10.0. The minimum absolute atomic E-state index is 0.0704. The molecule has 1 heterocycles. The number of amides is 1. The van der Waals surface area contributed by atoms with Gasteiger partial charge in [-0.15, -0.1) is 0 Å². The number of anilines is 1. The highest BCUT2D eigenvalue weighted by Crippen LogP contribution is 2.36. The Bertz CT molecular complexity index is 731. The molecule has 1 aliphatic carbocycles. The molecule has 0 radical (unpaired) electrons. The molecule has 1 saturated carbocycles. The van der Waals surface area contributed by atoms with Gasteiger partial charge in [0.1, 0.15) is 5.82 Å². The van der Waals surface area contributed by atoms with Crippen LogP contribution in [0.4, 0.5) is 5.69 Å². The van der Waals surface area contributed by atoms with E-state index in [9.17, 15) is 4.79 Å². The molecule has 24 heavy (non-hydrogen) atoms. The average molecular weight is 329 g/mol. The van der Waals surface area contributed by atoms with Crippen LogP contribution in [-0.4, -0.2) is 27.9 Å². The van der Waals surface area contributed by atoms with Gasteiger partial charge in [0.15, 0.2) is 0 Å². The number of aromatic nitrogens is 2. The molecule has 6 heteroatoms. The van der Waals surface area contributed by atoms with E-state index in [2.05, 4.69) is 34.4 Å². The molecular formula is C18H27N5O. The summed E-state index contributed by atoms with van der Waals surface area (Å²) in [6, 6.07) is 0. The highest BCUT2D eigenvalue weighted by atomic mass is 16.1. The van der Waals surface area contributed by atoms with Gasteiger partial charge in [0.25, 0.3) is 5.91 Å². The number of aliphatic imine (C=N–C) groups is 1. The molecule has 0 aliphatic heterocycles. The van der Waals surface area contributed by atoms with Crippen molar-refractivity contribution in [1.82, 2.24) is 15.1 Å². The summed E-state index contributed by atoms with van der Waals surface area (Å²) in [5, 5.41) is 10.5. The maximum atomic E-state index is 12.8. The minimum atomic E-state index is -0.160. The smallest absolute Gasteiger partial charge is 0.256 e. The van der Waals surface area contributed by atoms with Crippen LogP contribution in [0, 0.1) is 6.92 Å². The summed E-state index contributed by atoms with van der Waals surface area (Å²) in [5.41, 5.74) is 4.04. The van der Waals surface area contributed by atoms with Gasteiger partial charge < -0.3 is 10.6 Å². The van der Waals surface area contributed by atoms with Crippen LogP contribution in [0.25, 0.3) is 0 Å². The summed E-state index contributed by atoms with van der Waals surface area (Å²) in [6.07, 6.45) is 3.86. The van der Waals surface area contributed by atoms with Crippen molar-refractivity contribution in [3.05, 3.63) is 34.4 Å². The Morgan fingerprint density at radius 3 is 2.42 bits per heavy atom. The first kappa shape index (κ1) is 18.0. The first-order valence-electron chi connectivity index (χ1n) is 8.12.